The van der Waals surface area contributed by atoms with E-state index in [1.54, 1.807) is 0 Å². The average Bonchev–Trinajstić information content (AvgIpc) is 3.02. The number of likely N-dealkylation sites (tertiary alicyclic amines) is 1. The summed E-state index contributed by atoms with van der Waals surface area (Å²) in [7, 11) is 4.06. The Labute approximate surface area is 141 Å². The van der Waals surface area contributed by atoms with E-state index in [9.17, 15) is 5.11 Å². The fraction of sp³-hybridized carbons (Fsp3) is 1.00. The summed E-state index contributed by atoms with van der Waals surface area (Å²) in [6.45, 7) is 7.86. The van der Waals surface area contributed by atoms with Crippen LogP contribution < -0.4 is 16.6 Å². The first kappa shape index (κ1) is 20.7. The van der Waals surface area contributed by atoms with Gasteiger partial charge in [0, 0.05) is 32.7 Å². The van der Waals surface area contributed by atoms with Crippen LogP contribution in [0.5, 0.6) is 0 Å². The van der Waals surface area contributed by atoms with Crippen LogP contribution in [0, 0.1) is 0 Å². The van der Waals surface area contributed by atoms with Crippen molar-refractivity contribution in [1.82, 2.24) is 30.9 Å². The molecule has 4 N–H and O–H groups in total. The monoisotopic (exact) mass is 330 g/mol. The van der Waals surface area contributed by atoms with Crippen molar-refractivity contribution in [1.29, 1.82) is 0 Å². The first-order valence-electron chi connectivity index (χ1n) is 8.81. The maximum atomic E-state index is 9.27. The summed E-state index contributed by atoms with van der Waals surface area (Å²) >= 11 is 0. The van der Waals surface area contributed by atoms with Crippen molar-refractivity contribution in [2.24, 2.45) is 5.73 Å². The van der Waals surface area contributed by atoms with Crippen molar-refractivity contribution in [3.05, 3.63) is 0 Å². The topological polar surface area (TPSA) is 85.3 Å². The second kappa shape index (κ2) is 13.0. The van der Waals surface area contributed by atoms with E-state index in [1.807, 2.05) is 24.3 Å². The zero-order valence-corrected chi connectivity index (χ0v) is 15.0. The number of aliphatic hydroxyl groups is 1. The summed E-state index contributed by atoms with van der Waals surface area (Å²) in [5.74, 6) is 0. The van der Waals surface area contributed by atoms with E-state index in [0.29, 0.717) is 26.2 Å². The number of likely N-dealkylation sites (N-methyl/N-ethyl adjacent to an activating group) is 1. The van der Waals surface area contributed by atoms with E-state index in [2.05, 4.69) is 20.7 Å². The zero-order chi connectivity index (χ0) is 16.9. The van der Waals surface area contributed by atoms with Crippen LogP contribution >= 0.6 is 0 Å². The lowest BCUT2D eigenvalue weighted by atomic mass is 10.4. The minimum atomic E-state index is 0.0714. The number of hydrogen-bond acceptors (Lipinski definition) is 7. The molecular formula is C15H36N7O. The number of nitrogens with one attached hydrogen (secondary N) is 1. The summed E-state index contributed by atoms with van der Waals surface area (Å²) in [5, 5.41) is 13.0. The lowest BCUT2D eigenvalue weighted by Gasteiger charge is -2.33. The predicted molar refractivity (Wildman–Crippen MR) is 93.4 cm³/mol. The molecule has 1 aliphatic heterocycles. The van der Waals surface area contributed by atoms with E-state index in [4.69, 9.17) is 5.73 Å². The molecular weight excluding hydrogens is 294 g/mol. The van der Waals surface area contributed by atoms with Gasteiger partial charge in [-0.2, -0.15) is 5.12 Å². The van der Waals surface area contributed by atoms with Crippen LogP contribution in [0.4, 0.5) is 0 Å². The molecule has 0 aromatic heterocycles. The highest BCUT2D eigenvalue weighted by Crippen LogP contribution is 2.06. The smallest absolute Gasteiger partial charge is 0.0588 e. The van der Waals surface area contributed by atoms with E-state index in [0.717, 1.165) is 26.1 Å². The van der Waals surface area contributed by atoms with Gasteiger partial charge in [0.15, 0.2) is 0 Å². The highest BCUT2D eigenvalue weighted by Gasteiger charge is 2.15. The molecule has 8 nitrogen and oxygen atoms in total. The van der Waals surface area contributed by atoms with Crippen LogP contribution in [0.3, 0.4) is 0 Å². The normalized spacial score (nSPS) is 16.3. The third kappa shape index (κ3) is 9.53. The molecule has 0 unspecified atom stereocenters. The number of nitrogens with two attached hydrogens (primary N) is 1. The molecule has 1 saturated heterocycles. The van der Waals surface area contributed by atoms with Gasteiger partial charge < -0.3 is 20.6 Å². The van der Waals surface area contributed by atoms with E-state index < -0.39 is 0 Å². The first-order valence-corrected chi connectivity index (χ1v) is 8.81. The van der Waals surface area contributed by atoms with Gasteiger partial charge in [0.25, 0.3) is 0 Å². The Kier molecular flexibility index (Phi) is 11.7. The molecule has 0 spiro atoms. The summed E-state index contributed by atoms with van der Waals surface area (Å²) in [5.41, 5.74) is 13.7. The zero-order valence-electron chi connectivity index (χ0n) is 15.0. The molecule has 0 aromatic rings. The van der Waals surface area contributed by atoms with Gasteiger partial charge in [-0.15, -0.1) is 10.5 Å². The molecule has 1 radical (unpaired) electrons. The Hall–Kier alpha value is -0.320. The molecule has 1 heterocycles. The summed E-state index contributed by atoms with van der Waals surface area (Å²) in [6.07, 6.45) is 3.77. The molecule has 0 bridgehead atoms. The lowest BCUT2D eigenvalue weighted by molar-refractivity contribution is -0.118. The van der Waals surface area contributed by atoms with Gasteiger partial charge in [0.2, 0.25) is 0 Å². The number of aliphatic hydroxyl groups excluding tert-OH is 1. The van der Waals surface area contributed by atoms with Gasteiger partial charge in [0.1, 0.15) is 0 Å². The Bertz CT molecular complexity index is 275. The molecule has 23 heavy (non-hydrogen) atoms. The van der Waals surface area contributed by atoms with Crippen LogP contribution in [0.1, 0.15) is 19.3 Å². The maximum Gasteiger partial charge on any atom is 0.0588 e. The Morgan fingerprint density at radius 1 is 1.17 bits per heavy atom. The maximum absolute atomic E-state index is 9.27. The van der Waals surface area contributed by atoms with Crippen molar-refractivity contribution in [3.63, 3.8) is 0 Å². The number of rotatable bonds is 14. The molecule has 8 heteroatoms. The Balaban J connectivity index is 2.30. The standard InChI is InChI=1S/C15H36N7O/c1-19(2)13-8-18-22(14-15-23)21(12-6-16)17-7-5-11-20-9-3-4-10-20/h17,23H,3-16H2,1-2H3. The van der Waals surface area contributed by atoms with Crippen LogP contribution in [0.15, 0.2) is 0 Å². The van der Waals surface area contributed by atoms with Crippen LogP contribution in [0.2, 0.25) is 0 Å². The summed E-state index contributed by atoms with van der Waals surface area (Å²) in [6, 6.07) is 0. The molecule has 0 aliphatic carbocycles. The van der Waals surface area contributed by atoms with Crippen molar-refractivity contribution < 1.29 is 5.11 Å². The Morgan fingerprint density at radius 2 is 1.91 bits per heavy atom. The Morgan fingerprint density at radius 3 is 2.52 bits per heavy atom. The van der Waals surface area contributed by atoms with Gasteiger partial charge in [-0.25, -0.2) is 5.43 Å². The highest BCUT2D eigenvalue weighted by molar-refractivity contribution is 4.66. The molecule has 1 rings (SSSR count). The molecule has 0 saturated carbocycles. The number of hydrazine groups is 2. The second-order valence-electron chi connectivity index (χ2n) is 6.21. The summed E-state index contributed by atoms with van der Waals surface area (Å²) in [4.78, 5) is 4.61. The summed E-state index contributed by atoms with van der Waals surface area (Å²) < 4.78 is 0. The van der Waals surface area contributed by atoms with Crippen molar-refractivity contribution in [2.75, 3.05) is 79.6 Å². The minimum Gasteiger partial charge on any atom is -0.395 e. The van der Waals surface area contributed by atoms with Crippen LogP contribution in [0.25, 0.3) is 0 Å². The largest absolute Gasteiger partial charge is 0.395 e. The second-order valence-corrected chi connectivity index (χ2v) is 6.21. The molecule has 0 amide bonds. The molecule has 1 fully saturated rings. The van der Waals surface area contributed by atoms with E-state index in [-0.39, 0.29) is 6.61 Å². The van der Waals surface area contributed by atoms with Crippen molar-refractivity contribution in [3.8, 4) is 0 Å². The van der Waals surface area contributed by atoms with Gasteiger partial charge in [0.05, 0.1) is 13.2 Å². The lowest BCUT2D eigenvalue weighted by Crippen LogP contribution is -2.57. The predicted octanol–water partition coefficient (Wildman–Crippen LogP) is -1.47. The SMILES string of the molecule is CN(C)CC[N]N(CCO)N(CCN)NCCCN1CCCC1. The minimum absolute atomic E-state index is 0.0714. The first-order chi connectivity index (χ1) is 11.2. The van der Waals surface area contributed by atoms with Crippen molar-refractivity contribution >= 4 is 0 Å². The highest BCUT2D eigenvalue weighted by atomic mass is 16.3. The van der Waals surface area contributed by atoms with Crippen LogP contribution in [-0.2, 0) is 0 Å². The van der Waals surface area contributed by atoms with E-state index >= 15 is 0 Å². The van der Waals surface area contributed by atoms with Gasteiger partial charge in [-0.3, -0.25) is 0 Å². The van der Waals surface area contributed by atoms with Crippen LogP contribution in [-0.4, -0.2) is 105 Å². The number of nitrogens with zero attached hydrogens (tertiary/aromatic N) is 5. The molecule has 137 valence electrons. The van der Waals surface area contributed by atoms with Crippen molar-refractivity contribution in [2.45, 2.75) is 19.3 Å². The fourth-order valence-electron chi connectivity index (χ4n) is 2.63. The van der Waals surface area contributed by atoms with Gasteiger partial charge in [-0.1, -0.05) is 0 Å². The third-order valence-corrected chi connectivity index (χ3v) is 3.87. The van der Waals surface area contributed by atoms with Gasteiger partial charge >= 0.3 is 0 Å². The average molecular weight is 331 g/mol. The molecule has 0 atom stereocenters. The molecule has 1 aliphatic rings. The van der Waals surface area contributed by atoms with Gasteiger partial charge in [-0.05, 0) is 53.0 Å². The van der Waals surface area contributed by atoms with E-state index in [1.165, 1.54) is 25.9 Å². The fourth-order valence-corrected chi connectivity index (χ4v) is 2.63. The third-order valence-electron chi connectivity index (χ3n) is 3.87. The quantitative estimate of drug-likeness (QED) is 0.265. The number of hydrogen-bond donors (Lipinski definition) is 3. The molecule has 0 aromatic carbocycles.